The number of nitrogens with one attached hydrogen (secondary N) is 2. The molecule has 2 aliphatic rings. The number of hydrogen-bond acceptors (Lipinski definition) is 7. The van der Waals surface area contributed by atoms with Crippen molar-refractivity contribution in [2.75, 3.05) is 31.3 Å². The fraction of sp³-hybridized carbons (Fsp3) is 0.545. The minimum Gasteiger partial charge on any atom is -0.481 e. The van der Waals surface area contributed by atoms with Crippen LogP contribution in [0.2, 0.25) is 0 Å². The zero-order chi connectivity index (χ0) is 21.1. The minimum atomic E-state index is -0.332. The lowest BCUT2D eigenvalue weighted by Gasteiger charge is -2.30. The van der Waals surface area contributed by atoms with Gasteiger partial charge < -0.3 is 21.1 Å². The average molecular weight is 415 g/mol. The highest BCUT2D eigenvalue weighted by molar-refractivity contribution is 5.63. The third-order valence-corrected chi connectivity index (χ3v) is 6.23. The van der Waals surface area contributed by atoms with Crippen LogP contribution in [0, 0.1) is 5.82 Å². The molecule has 3 heterocycles. The Balaban J connectivity index is 1.68. The molecule has 8 heteroatoms. The monoisotopic (exact) mass is 414 g/mol. The molecule has 30 heavy (non-hydrogen) atoms. The van der Waals surface area contributed by atoms with Crippen molar-refractivity contribution in [1.29, 1.82) is 0 Å². The van der Waals surface area contributed by atoms with Gasteiger partial charge in [0.25, 0.3) is 0 Å². The van der Waals surface area contributed by atoms with E-state index in [0.717, 1.165) is 56.3 Å². The number of anilines is 3. The molecule has 0 radical (unpaired) electrons. The van der Waals surface area contributed by atoms with Gasteiger partial charge in [0.15, 0.2) is 11.6 Å². The molecule has 1 aliphatic carbocycles. The summed E-state index contributed by atoms with van der Waals surface area (Å²) in [5.74, 6) is 1.08. The first-order valence-corrected chi connectivity index (χ1v) is 10.7. The number of halogens is 1. The molecule has 1 aliphatic heterocycles. The van der Waals surface area contributed by atoms with Crippen LogP contribution in [-0.4, -0.2) is 47.7 Å². The van der Waals surface area contributed by atoms with Crippen LogP contribution < -0.4 is 21.1 Å². The Labute approximate surface area is 177 Å². The molecule has 1 saturated carbocycles. The maximum atomic E-state index is 15.1. The van der Waals surface area contributed by atoms with Crippen LogP contribution in [0.15, 0.2) is 24.4 Å². The molecule has 4 N–H and O–H groups in total. The number of pyridine rings is 2. The Morgan fingerprint density at radius 1 is 1.17 bits per heavy atom. The van der Waals surface area contributed by atoms with Gasteiger partial charge in [-0.2, -0.15) is 0 Å². The second kappa shape index (κ2) is 9.14. The van der Waals surface area contributed by atoms with Crippen molar-refractivity contribution in [3.05, 3.63) is 35.8 Å². The van der Waals surface area contributed by atoms with Crippen molar-refractivity contribution in [1.82, 2.24) is 14.9 Å². The molecule has 4 rings (SSSR count). The number of nitrogens with two attached hydrogens (primary N) is 1. The zero-order valence-corrected chi connectivity index (χ0v) is 17.7. The fourth-order valence-corrected chi connectivity index (χ4v) is 4.51. The van der Waals surface area contributed by atoms with E-state index < -0.39 is 0 Å². The number of ether oxygens (including phenoxy) is 1. The smallest absolute Gasteiger partial charge is 0.214 e. The van der Waals surface area contributed by atoms with Crippen molar-refractivity contribution in [2.45, 2.75) is 56.7 Å². The van der Waals surface area contributed by atoms with Crippen molar-refractivity contribution in [3.63, 3.8) is 0 Å². The lowest BCUT2D eigenvalue weighted by Crippen LogP contribution is -2.43. The Morgan fingerprint density at radius 3 is 2.73 bits per heavy atom. The first kappa shape index (κ1) is 20.8. The van der Waals surface area contributed by atoms with Crippen LogP contribution in [-0.2, 0) is 0 Å². The van der Waals surface area contributed by atoms with Gasteiger partial charge in [0.1, 0.15) is 5.82 Å². The summed E-state index contributed by atoms with van der Waals surface area (Å²) >= 11 is 0. The van der Waals surface area contributed by atoms with E-state index in [9.17, 15) is 0 Å². The second-order valence-corrected chi connectivity index (χ2v) is 8.31. The van der Waals surface area contributed by atoms with Crippen LogP contribution in [0.3, 0.4) is 0 Å². The number of hydrogen-bond donors (Lipinski definition) is 3. The maximum absolute atomic E-state index is 15.1. The van der Waals surface area contributed by atoms with E-state index in [0.29, 0.717) is 11.7 Å². The van der Waals surface area contributed by atoms with E-state index >= 15 is 4.39 Å². The quantitative estimate of drug-likeness (QED) is 0.662. The largest absolute Gasteiger partial charge is 0.481 e. The van der Waals surface area contributed by atoms with E-state index in [2.05, 4.69) is 32.5 Å². The lowest BCUT2D eigenvalue weighted by molar-refractivity contribution is 0.317. The van der Waals surface area contributed by atoms with E-state index in [-0.39, 0.29) is 29.8 Å². The van der Waals surface area contributed by atoms with Gasteiger partial charge in [-0.15, -0.1) is 0 Å². The summed E-state index contributed by atoms with van der Waals surface area (Å²) in [6.07, 6.45) is 7.84. The Hall–Kier alpha value is -2.45. The van der Waals surface area contributed by atoms with E-state index in [4.69, 9.17) is 10.5 Å². The van der Waals surface area contributed by atoms with Gasteiger partial charge in [-0.05, 0) is 51.4 Å². The van der Waals surface area contributed by atoms with E-state index in [1.807, 2.05) is 6.07 Å². The summed E-state index contributed by atoms with van der Waals surface area (Å²) in [4.78, 5) is 11.1. The van der Waals surface area contributed by atoms with E-state index in [1.165, 1.54) is 0 Å². The van der Waals surface area contributed by atoms with E-state index in [1.54, 1.807) is 25.4 Å². The molecule has 0 amide bonds. The zero-order valence-electron chi connectivity index (χ0n) is 17.7. The second-order valence-electron chi connectivity index (χ2n) is 8.31. The van der Waals surface area contributed by atoms with Crippen molar-refractivity contribution in [2.24, 2.45) is 5.73 Å². The molecule has 2 fully saturated rings. The highest BCUT2D eigenvalue weighted by Gasteiger charge is 2.29. The summed E-state index contributed by atoms with van der Waals surface area (Å²) in [6, 6.07) is 5.45. The maximum Gasteiger partial charge on any atom is 0.214 e. The summed E-state index contributed by atoms with van der Waals surface area (Å²) in [6.45, 7) is 0.992. The summed E-state index contributed by atoms with van der Waals surface area (Å²) in [7, 11) is 3.65. The van der Waals surface area contributed by atoms with Crippen LogP contribution in [0.1, 0.15) is 50.1 Å². The molecule has 7 nitrogen and oxygen atoms in total. The topological polar surface area (TPSA) is 88.3 Å². The van der Waals surface area contributed by atoms with Gasteiger partial charge in [-0.3, -0.25) is 4.90 Å². The molecular weight excluding hydrogens is 383 g/mol. The normalized spacial score (nSPS) is 24.6. The van der Waals surface area contributed by atoms with Crippen LogP contribution in [0.5, 0.6) is 5.88 Å². The van der Waals surface area contributed by atoms with Crippen molar-refractivity contribution < 1.29 is 9.13 Å². The predicted octanol–water partition coefficient (Wildman–Crippen LogP) is 3.82. The van der Waals surface area contributed by atoms with Gasteiger partial charge in [0, 0.05) is 41.6 Å². The molecule has 2 aromatic heterocycles. The van der Waals surface area contributed by atoms with Crippen molar-refractivity contribution >= 4 is 17.3 Å². The number of likely N-dealkylation sites (tertiary alicyclic amines) is 1. The average Bonchev–Trinajstić information content (AvgIpc) is 3.17. The Bertz CT molecular complexity index is 879. The third kappa shape index (κ3) is 4.49. The molecule has 162 valence electrons. The Morgan fingerprint density at radius 2 is 2.00 bits per heavy atom. The first-order valence-electron chi connectivity index (χ1n) is 10.7. The molecule has 2 unspecified atom stereocenters. The molecule has 0 bridgehead atoms. The number of nitrogens with zero attached hydrogens (tertiary/aromatic N) is 3. The molecule has 3 atom stereocenters. The lowest BCUT2D eigenvalue weighted by atomic mass is 9.91. The number of rotatable bonds is 6. The minimum absolute atomic E-state index is 0.0152. The van der Waals surface area contributed by atoms with Crippen LogP contribution in [0.4, 0.5) is 21.7 Å². The fourth-order valence-electron chi connectivity index (χ4n) is 4.51. The van der Waals surface area contributed by atoms with Gasteiger partial charge in [-0.25, -0.2) is 14.4 Å². The predicted molar refractivity (Wildman–Crippen MR) is 117 cm³/mol. The van der Waals surface area contributed by atoms with Crippen molar-refractivity contribution in [3.8, 4) is 5.88 Å². The van der Waals surface area contributed by atoms with Gasteiger partial charge in [-0.1, -0.05) is 12.8 Å². The molecular formula is C22H31FN6O. The highest BCUT2D eigenvalue weighted by Crippen LogP contribution is 2.37. The molecule has 2 aromatic rings. The first-order chi connectivity index (χ1) is 14.5. The third-order valence-electron chi connectivity index (χ3n) is 6.23. The van der Waals surface area contributed by atoms with Gasteiger partial charge in [0.2, 0.25) is 5.88 Å². The molecule has 1 saturated heterocycles. The number of methoxy groups -OCH3 is 1. The van der Waals surface area contributed by atoms with Gasteiger partial charge >= 0.3 is 0 Å². The standard InChI is InChI=1S/C22H31FN6O/c1-29-11-5-8-19(29)15-13-16(23)22(27-18-7-4-3-6-17(18)24)28-21(15)26-14-9-10-25-20(12-14)30-2/h9-10,12-13,17-19H,3-8,11,24H2,1-2H3,(H2,25,26,27,28)/t17?,18?,19-/m0/s1. The molecule has 0 aromatic carbocycles. The summed E-state index contributed by atoms with van der Waals surface area (Å²) in [5, 5.41) is 6.64. The summed E-state index contributed by atoms with van der Waals surface area (Å²) in [5.41, 5.74) is 7.92. The summed E-state index contributed by atoms with van der Waals surface area (Å²) < 4.78 is 20.3. The highest BCUT2D eigenvalue weighted by atomic mass is 19.1. The van der Waals surface area contributed by atoms with Crippen LogP contribution in [0.25, 0.3) is 0 Å². The Kier molecular flexibility index (Phi) is 6.34. The number of aromatic nitrogens is 2. The van der Waals surface area contributed by atoms with Crippen LogP contribution >= 0.6 is 0 Å². The van der Waals surface area contributed by atoms with Gasteiger partial charge in [0.05, 0.1) is 7.11 Å². The SMILES string of the molecule is COc1cc(Nc2nc(NC3CCCCC3N)c(F)cc2[C@@H]2CCCN2C)ccn1. The molecule has 0 spiro atoms.